The quantitative estimate of drug-likeness (QED) is 0.660. The van der Waals surface area contributed by atoms with Crippen LogP contribution in [0.1, 0.15) is 26.7 Å². The number of rotatable bonds is 4. The zero-order valence-electron chi connectivity index (χ0n) is 14.4. The molecule has 0 radical (unpaired) electrons. The maximum absolute atomic E-state index is 12.7. The van der Waals surface area contributed by atoms with Crippen molar-refractivity contribution >= 4 is 34.2 Å². The highest BCUT2D eigenvalue weighted by atomic mass is 35.5. The Morgan fingerprint density at radius 3 is 2.58 bits per heavy atom. The summed E-state index contributed by atoms with van der Waals surface area (Å²) in [6.07, 6.45) is 2.72. The van der Waals surface area contributed by atoms with Gasteiger partial charge in [0.2, 0.25) is 21.8 Å². The number of piperidine rings is 1. The van der Waals surface area contributed by atoms with Crippen LogP contribution in [0.3, 0.4) is 0 Å². The van der Waals surface area contributed by atoms with Crippen molar-refractivity contribution in [2.75, 3.05) is 39.0 Å². The zero-order chi connectivity index (χ0) is 17.3. The fourth-order valence-electron chi connectivity index (χ4n) is 3.30. The van der Waals surface area contributed by atoms with Gasteiger partial charge in [0, 0.05) is 32.2 Å². The first kappa shape index (κ1) is 21.1. The maximum Gasteiger partial charge on any atom is 0.243 e. The Morgan fingerprint density at radius 2 is 2.00 bits per heavy atom. The number of hydrogen-bond acceptors (Lipinski definition) is 5. The monoisotopic (exact) mass is 382 g/mol. The number of piperazine rings is 1. The second-order valence-electron chi connectivity index (χ2n) is 6.81. The van der Waals surface area contributed by atoms with Crippen LogP contribution in [0, 0.1) is 0 Å². The molecular formula is C14H27ClN4O4S. The van der Waals surface area contributed by atoms with Crippen LogP contribution in [-0.2, 0) is 19.6 Å². The fourth-order valence-corrected chi connectivity index (χ4v) is 4.32. The molecule has 0 saturated carbocycles. The van der Waals surface area contributed by atoms with Crippen LogP contribution in [0.15, 0.2) is 0 Å². The van der Waals surface area contributed by atoms with Gasteiger partial charge in [0.25, 0.3) is 0 Å². The van der Waals surface area contributed by atoms with Crippen molar-refractivity contribution in [3.8, 4) is 0 Å². The number of amides is 2. The van der Waals surface area contributed by atoms with Gasteiger partial charge in [0.05, 0.1) is 12.8 Å². The van der Waals surface area contributed by atoms with Crippen LogP contribution >= 0.6 is 12.4 Å². The molecule has 2 fully saturated rings. The Kier molecular flexibility index (Phi) is 7.04. The molecule has 2 saturated heterocycles. The summed E-state index contributed by atoms with van der Waals surface area (Å²) >= 11 is 0. The van der Waals surface area contributed by atoms with E-state index in [1.807, 2.05) is 4.90 Å². The molecule has 2 N–H and O–H groups in total. The highest BCUT2D eigenvalue weighted by Crippen LogP contribution is 2.20. The van der Waals surface area contributed by atoms with Gasteiger partial charge >= 0.3 is 0 Å². The average molecular weight is 383 g/mol. The van der Waals surface area contributed by atoms with Gasteiger partial charge in [0.15, 0.2) is 0 Å². The van der Waals surface area contributed by atoms with E-state index in [0.29, 0.717) is 26.2 Å². The molecule has 2 heterocycles. The Morgan fingerprint density at radius 1 is 1.33 bits per heavy atom. The van der Waals surface area contributed by atoms with Crippen LogP contribution in [0.2, 0.25) is 0 Å². The van der Waals surface area contributed by atoms with E-state index in [1.165, 1.54) is 0 Å². The molecule has 0 aromatic carbocycles. The van der Waals surface area contributed by atoms with Crippen molar-refractivity contribution in [3.63, 3.8) is 0 Å². The van der Waals surface area contributed by atoms with Crippen LogP contribution in [0.4, 0.5) is 0 Å². The van der Waals surface area contributed by atoms with Gasteiger partial charge in [-0.05, 0) is 26.7 Å². The molecule has 2 aliphatic rings. The lowest BCUT2D eigenvalue weighted by molar-refractivity contribution is -0.143. The predicted molar refractivity (Wildman–Crippen MR) is 93.5 cm³/mol. The molecule has 0 bridgehead atoms. The number of carbonyl (C=O) groups is 2. The highest BCUT2D eigenvalue weighted by molar-refractivity contribution is 7.88. The SMILES string of the molecule is CC(C)(NS(C)(=O)=O)C(=O)N1CCCC(N2CCNCC2=O)C1.Cl. The first-order chi connectivity index (χ1) is 10.6. The zero-order valence-corrected chi connectivity index (χ0v) is 16.0. The first-order valence-electron chi connectivity index (χ1n) is 7.89. The number of nitrogens with zero attached hydrogens (tertiary/aromatic N) is 2. The molecule has 0 aliphatic carbocycles. The van der Waals surface area contributed by atoms with E-state index in [2.05, 4.69) is 10.0 Å². The van der Waals surface area contributed by atoms with Gasteiger partial charge < -0.3 is 15.1 Å². The van der Waals surface area contributed by atoms with Gasteiger partial charge in [-0.25, -0.2) is 13.1 Å². The number of halogens is 1. The highest BCUT2D eigenvalue weighted by Gasteiger charge is 2.38. The van der Waals surface area contributed by atoms with Crippen molar-refractivity contribution in [3.05, 3.63) is 0 Å². The summed E-state index contributed by atoms with van der Waals surface area (Å²) in [7, 11) is -3.48. The lowest BCUT2D eigenvalue weighted by atomic mass is 9.99. The van der Waals surface area contributed by atoms with E-state index < -0.39 is 15.6 Å². The van der Waals surface area contributed by atoms with Crippen LogP contribution in [0.25, 0.3) is 0 Å². The molecule has 8 nitrogen and oxygen atoms in total. The molecule has 1 unspecified atom stereocenters. The number of carbonyl (C=O) groups excluding carboxylic acids is 2. The fraction of sp³-hybridized carbons (Fsp3) is 0.857. The lowest BCUT2D eigenvalue weighted by Crippen LogP contribution is -2.61. The third kappa shape index (κ3) is 5.30. The Bertz CT molecular complexity index is 581. The second kappa shape index (κ2) is 7.99. The Labute approximate surface area is 149 Å². The van der Waals surface area contributed by atoms with Gasteiger partial charge in [-0.3, -0.25) is 9.59 Å². The maximum atomic E-state index is 12.7. The summed E-state index contributed by atoms with van der Waals surface area (Å²) in [5.41, 5.74) is -1.19. The topological polar surface area (TPSA) is 98.8 Å². The van der Waals surface area contributed by atoms with Crippen molar-refractivity contribution in [1.82, 2.24) is 19.8 Å². The summed E-state index contributed by atoms with van der Waals surface area (Å²) in [6, 6.07) is 0.0105. The molecule has 2 aliphatic heterocycles. The van der Waals surface area contributed by atoms with Crippen LogP contribution in [-0.4, -0.2) is 80.6 Å². The summed E-state index contributed by atoms with van der Waals surface area (Å²) in [6.45, 7) is 5.93. The summed E-state index contributed by atoms with van der Waals surface area (Å²) in [4.78, 5) is 28.2. The molecule has 0 aromatic rings. The van der Waals surface area contributed by atoms with Crippen molar-refractivity contribution in [2.45, 2.75) is 38.3 Å². The third-order valence-electron chi connectivity index (χ3n) is 4.23. The Balaban J connectivity index is 0.00000288. The standard InChI is InChI=1S/C14H26N4O4S.ClH/c1-14(2,16-23(3,21)22)13(20)17-7-4-5-11(10-17)18-8-6-15-9-12(18)19;/h11,15-16H,4-10H2,1-3H3;1H. The minimum absolute atomic E-state index is 0. The predicted octanol–water partition coefficient (Wildman–Crippen LogP) is -0.841. The van der Waals surface area contributed by atoms with Crippen molar-refractivity contribution < 1.29 is 18.0 Å². The molecule has 140 valence electrons. The first-order valence-corrected chi connectivity index (χ1v) is 9.78. The molecule has 0 spiro atoms. The largest absolute Gasteiger partial charge is 0.339 e. The summed E-state index contributed by atoms with van der Waals surface area (Å²) in [5.74, 6) is -0.195. The smallest absolute Gasteiger partial charge is 0.243 e. The van der Waals surface area contributed by atoms with Gasteiger partial charge in [-0.1, -0.05) is 0 Å². The van der Waals surface area contributed by atoms with Gasteiger partial charge in [-0.2, -0.15) is 0 Å². The molecule has 10 heteroatoms. The van der Waals surface area contributed by atoms with E-state index in [-0.39, 0.29) is 30.3 Å². The van der Waals surface area contributed by atoms with E-state index in [4.69, 9.17) is 0 Å². The van der Waals surface area contributed by atoms with Gasteiger partial charge in [0.1, 0.15) is 5.54 Å². The third-order valence-corrected chi connectivity index (χ3v) is 5.11. The second-order valence-corrected chi connectivity index (χ2v) is 8.56. The average Bonchev–Trinajstić information content (AvgIpc) is 2.44. The molecule has 2 amide bonds. The molecular weight excluding hydrogens is 356 g/mol. The minimum Gasteiger partial charge on any atom is -0.339 e. The molecule has 1 atom stereocenters. The molecule has 2 rings (SSSR count). The van der Waals surface area contributed by atoms with E-state index >= 15 is 0 Å². The number of nitrogens with one attached hydrogen (secondary N) is 2. The molecule has 0 aromatic heterocycles. The normalized spacial score (nSPS) is 23.0. The van der Waals surface area contributed by atoms with Gasteiger partial charge in [-0.15, -0.1) is 12.4 Å². The lowest BCUT2D eigenvalue weighted by Gasteiger charge is -2.43. The number of hydrogen-bond donors (Lipinski definition) is 2. The number of likely N-dealkylation sites (tertiary alicyclic amines) is 1. The van der Waals surface area contributed by atoms with E-state index in [0.717, 1.165) is 25.6 Å². The summed E-state index contributed by atoms with van der Waals surface area (Å²) in [5, 5.41) is 3.04. The number of sulfonamides is 1. The van der Waals surface area contributed by atoms with Crippen LogP contribution < -0.4 is 10.0 Å². The Hall–Kier alpha value is -0.900. The molecule has 24 heavy (non-hydrogen) atoms. The summed E-state index contributed by atoms with van der Waals surface area (Å²) < 4.78 is 25.3. The van der Waals surface area contributed by atoms with E-state index in [1.54, 1.807) is 18.7 Å². The minimum atomic E-state index is -3.48. The van der Waals surface area contributed by atoms with E-state index in [9.17, 15) is 18.0 Å². The van der Waals surface area contributed by atoms with Crippen LogP contribution in [0.5, 0.6) is 0 Å². The van der Waals surface area contributed by atoms with Crippen molar-refractivity contribution in [2.24, 2.45) is 0 Å². The van der Waals surface area contributed by atoms with Crippen molar-refractivity contribution in [1.29, 1.82) is 0 Å².